The van der Waals surface area contributed by atoms with Crippen LogP contribution in [0.25, 0.3) is 0 Å². The number of nitrogens with zero attached hydrogens (tertiary/aromatic N) is 2. The van der Waals surface area contributed by atoms with E-state index >= 15 is 0 Å². The van der Waals surface area contributed by atoms with Crippen molar-refractivity contribution < 1.29 is 14.0 Å². The lowest BCUT2D eigenvalue weighted by Crippen LogP contribution is -2.29. The summed E-state index contributed by atoms with van der Waals surface area (Å²) in [6, 6.07) is 1.41. The number of carbonyl (C=O) groups excluding carboxylic acids is 2. The Morgan fingerprint density at radius 1 is 1.56 bits per heavy atom. The van der Waals surface area contributed by atoms with E-state index in [1.807, 2.05) is 0 Å². The average molecular weight is 251 g/mol. The predicted octanol–water partition coefficient (Wildman–Crippen LogP) is 1.03. The van der Waals surface area contributed by atoms with Gasteiger partial charge in [0.15, 0.2) is 5.82 Å². The molecule has 5 nitrogen and oxygen atoms in total. The fourth-order valence-electron chi connectivity index (χ4n) is 1.97. The molecule has 6 heteroatoms. The molecular formula is C12H14FN3O2. The van der Waals surface area contributed by atoms with Crippen molar-refractivity contribution in [3.8, 4) is 0 Å². The summed E-state index contributed by atoms with van der Waals surface area (Å²) in [5.74, 6) is -1.14. The highest BCUT2D eigenvalue weighted by molar-refractivity contribution is 5.93. The number of halogens is 1. The van der Waals surface area contributed by atoms with Crippen LogP contribution < -0.4 is 5.32 Å². The molecule has 2 heterocycles. The first-order chi connectivity index (χ1) is 8.58. The lowest BCUT2D eigenvalue weighted by atomic mass is 10.1. The SMILES string of the molecule is CC(=O)N1CCC(C(=O)Nc2ccncc2F)C1. The zero-order valence-corrected chi connectivity index (χ0v) is 10.0. The van der Waals surface area contributed by atoms with Gasteiger partial charge in [0.1, 0.15) is 0 Å². The molecule has 1 aromatic heterocycles. The summed E-state index contributed by atoms with van der Waals surface area (Å²) < 4.78 is 13.3. The molecular weight excluding hydrogens is 237 g/mol. The van der Waals surface area contributed by atoms with Gasteiger partial charge >= 0.3 is 0 Å². The Hall–Kier alpha value is -1.98. The Kier molecular flexibility index (Phi) is 3.55. The highest BCUT2D eigenvalue weighted by atomic mass is 19.1. The fraction of sp³-hybridized carbons (Fsp3) is 0.417. The second kappa shape index (κ2) is 5.12. The molecule has 1 unspecified atom stereocenters. The highest BCUT2D eigenvalue weighted by Crippen LogP contribution is 2.19. The molecule has 96 valence electrons. The smallest absolute Gasteiger partial charge is 0.229 e. The van der Waals surface area contributed by atoms with Gasteiger partial charge in [0.25, 0.3) is 0 Å². The van der Waals surface area contributed by atoms with Crippen molar-refractivity contribution in [3.63, 3.8) is 0 Å². The molecule has 1 aromatic rings. The van der Waals surface area contributed by atoms with E-state index < -0.39 is 5.82 Å². The minimum absolute atomic E-state index is 0.0413. The highest BCUT2D eigenvalue weighted by Gasteiger charge is 2.29. The van der Waals surface area contributed by atoms with Crippen LogP contribution >= 0.6 is 0 Å². The van der Waals surface area contributed by atoms with Crippen LogP contribution in [0.3, 0.4) is 0 Å². The van der Waals surface area contributed by atoms with E-state index in [2.05, 4.69) is 10.3 Å². The summed E-state index contributed by atoms with van der Waals surface area (Å²) in [7, 11) is 0. The molecule has 0 spiro atoms. The van der Waals surface area contributed by atoms with Gasteiger partial charge in [-0.15, -0.1) is 0 Å². The summed E-state index contributed by atoms with van der Waals surface area (Å²) >= 11 is 0. The van der Waals surface area contributed by atoms with E-state index in [1.165, 1.54) is 19.2 Å². The third kappa shape index (κ3) is 2.64. The van der Waals surface area contributed by atoms with Crippen LogP contribution in [0.5, 0.6) is 0 Å². The second-order valence-electron chi connectivity index (χ2n) is 4.30. The first-order valence-corrected chi connectivity index (χ1v) is 5.74. The number of amides is 2. The molecule has 1 aliphatic heterocycles. The molecule has 0 aliphatic carbocycles. The largest absolute Gasteiger partial charge is 0.342 e. The summed E-state index contributed by atoms with van der Waals surface area (Å²) in [4.78, 5) is 28.3. The quantitative estimate of drug-likeness (QED) is 0.853. The Labute approximate surface area is 104 Å². The fourth-order valence-corrected chi connectivity index (χ4v) is 1.97. The van der Waals surface area contributed by atoms with Gasteiger partial charge in [-0.25, -0.2) is 4.39 Å². The maximum Gasteiger partial charge on any atom is 0.229 e. The molecule has 2 rings (SSSR count). The van der Waals surface area contributed by atoms with Crippen molar-refractivity contribution in [2.75, 3.05) is 18.4 Å². The molecule has 0 aromatic carbocycles. The summed E-state index contributed by atoms with van der Waals surface area (Å²) in [5, 5.41) is 2.52. The van der Waals surface area contributed by atoms with Gasteiger partial charge in [0.05, 0.1) is 17.8 Å². The number of rotatable bonds is 2. The van der Waals surface area contributed by atoms with Crippen molar-refractivity contribution >= 4 is 17.5 Å². The Morgan fingerprint density at radius 3 is 2.94 bits per heavy atom. The van der Waals surface area contributed by atoms with Crippen LogP contribution in [0.1, 0.15) is 13.3 Å². The molecule has 0 saturated carbocycles. The van der Waals surface area contributed by atoms with Gasteiger partial charge in [-0.05, 0) is 12.5 Å². The third-order valence-electron chi connectivity index (χ3n) is 3.03. The monoisotopic (exact) mass is 251 g/mol. The molecule has 18 heavy (non-hydrogen) atoms. The molecule has 1 aliphatic rings. The number of pyridine rings is 1. The van der Waals surface area contributed by atoms with E-state index in [9.17, 15) is 14.0 Å². The van der Waals surface area contributed by atoms with Crippen LogP contribution in [0, 0.1) is 11.7 Å². The maximum atomic E-state index is 13.3. The summed E-state index contributed by atoms with van der Waals surface area (Å²) in [6.45, 7) is 2.45. The molecule has 1 atom stereocenters. The van der Waals surface area contributed by atoms with Crippen molar-refractivity contribution in [3.05, 3.63) is 24.3 Å². The average Bonchev–Trinajstić information content (AvgIpc) is 2.81. The standard InChI is InChI=1S/C12H14FN3O2/c1-8(17)16-5-3-9(7-16)12(18)15-11-2-4-14-6-10(11)13/h2,4,6,9H,3,5,7H2,1H3,(H,14,15,18). The first-order valence-electron chi connectivity index (χ1n) is 5.74. The summed E-state index contributed by atoms with van der Waals surface area (Å²) in [5.41, 5.74) is 0.122. The van der Waals surface area contributed by atoms with E-state index in [-0.39, 0.29) is 23.4 Å². The normalized spacial score (nSPS) is 18.8. The zero-order valence-electron chi connectivity index (χ0n) is 10.0. The molecule has 1 N–H and O–H groups in total. The lowest BCUT2D eigenvalue weighted by Gasteiger charge is -2.14. The predicted molar refractivity (Wildman–Crippen MR) is 63.2 cm³/mol. The van der Waals surface area contributed by atoms with Gasteiger partial charge < -0.3 is 10.2 Å². The number of aromatic nitrogens is 1. The van der Waals surface area contributed by atoms with Crippen molar-refractivity contribution in [1.82, 2.24) is 9.88 Å². The first kappa shape index (κ1) is 12.5. The minimum atomic E-state index is -0.563. The zero-order chi connectivity index (χ0) is 13.1. The van der Waals surface area contributed by atoms with Crippen LogP contribution in [-0.4, -0.2) is 34.8 Å². The second-order valence-corrected chi connectivity index (χ2v) is 4.30. The molecule has 2 amide bonds. The van der Waals surface area contributed by atoms with Crippen molar-refractivity contribution in [1.29, 1.82) is 0 Å². The van der Waals surface area contributed by atoms with Crippen LogP contribution in [-0.2, 0) is 9.59 Å². The van der Waals surface area contributed by atoms with Crippen LogP contribution in [0.15, 0.2) is 18.5 Å². The van der Waals surface area contributed by atoms with Gasteiger partial charge in [-0.2, -0.15) is 0 Å². The summed E-state index contributed by atoms with van der Waals surface area (Å²) in [6.07, 6.45) is 3.07. The number of hydrogen-bond donors (Lipinski definition) is 1. The lowest BCUT2D eigenvalue weighted by molar-refractivity contribution is -0.128. The Balaban J connectivity index is 1.98. The van der Waals surface area contributed by atoms with E-state index in [4.69, 9.17) is 0 Å². The third-order valence-corrected chi connectivity index (χ3v) is 3.03. The maximum absolute atomic E-state index is 13.3. The number of carbonyl (C=O) groups is 2. The number of likely N-dealkylation sites (tertiary alicyclic amines) is 1. The van der Waals surface area contributed by atoms with Gasteiger partial charge in [-0.1, -0.05) is 0 Å². The molecule has 0 bridgehead atoms. The Bertz CT molecular complexity index is 478. The minimum Gasteiger partial charge on any atom is -0.342 e. The van der Waals surface area contributed by atoms with E-state index in [1.54, 1.807) is 4.90 Å². The Morgan fingerprint density at radius 2 is 2.33 bits per heavy atom. The van der Waals surface area contributed by atoms with E-state index in [0.29, 0.717) is 19.5 Å². The number of anilines is 1. The van der Waals surface area contributed by atoms with Crippen LogP contribution in [0.2, 0.25) is 0 Å². The molecule has 1 saturated heterocycles. The topological polar surface area (TPSA) is 62.3 Å². The van der Waals surface area contributed by atoms with Gasteiger partial charge in [0, 0.05) is 26.2 Å². The van der Waals surface area contributed by atoms with Gasteiger partial charge in [-0.3, -0.25) is 14.6 Å². The van der Waals surface area contributed by atoms with E-state index in [0.717, 1.165) is 6.20 Å². The molecule has 1 fully saturated rings. The van der Waals surface area contributed by atoms with Crippen molar-refractivity contribution in [2.45, 2.75) is 13.3 Å². The number of hydrogen-bond acceptors (Lipinski definition) is 3. The van der Waals surface area contributed by atoms with Crippen LogP contribution in [0.4, 0.5) is 10.1 Å². The molecule has 0 radical (unpaired) electrons. The van der Waals surface area contributed by atoms with Crippen molar-refractivity contribution in [2.24, 2.45) is 5.92 Å². The van der Waals surface area contributed by atoms with Gasteiger partial charge in [0.2, 0.25) is 11.8 Å². The number of nitrogens with one attached hydrogen (secondary N) is 1.